The Morgan fingerprint density at radius 2 is 2.06 bits per heavy atom. The first-order valence-electron chi connectivity index (χ1n) is 6.22. The smallest absolute Gasteiger partial charge is 0.176 e. The maximum Gasteiger partial charge on any atom is 0.176 e. The van der Waals surface area contributed by atoms with E-state index < -0.39 is 0 Å². The van der Waals surface area contributed by atoms with Gasteiger partial charge >= 0.3 is 0 Å². The van der Waals surface area contributed by atoms with E-state index in [4.69, 9.17) is 0 Å². The van der Waals surface area contributed by atoms with E-state index in [2.05, 4.69) is 45.9 Å². The van der Waals surface area contributed by atoms with E-state index in [0.29, 0.717) is 5.78 Å². The summed E-state index contributed by atoms with van der Waals surface area (Å²) < 4.78 is 0. The van der Waals surface area contributed by atoms with Crippen LogP contribution in [0.5, 0.6) is 0 Å². The van der Waals surface area contributed by atoms with Crippen molar-refractivity contribution < 1.29 is 4.79 Å². The molecule has 1 aromatic rings. The normalized spacial score (nSPS) is 20.2. The van der Waals surface area contributed by atoms with Crippen molar-refractivity contribution in [3.05, 3.63) is 34.9 Å². The van der Waals surface area contributed by atoms with Gasteiger partial charge in [0.2, 0.25) is 0 Å². The molecular weight excluding hydrogens is 228 g/mol. The van der Waals surface area contributed by atoms with Gasteiger partial charge < -0.3 is 0 Å². The lowest BCUT2D eigenvalue weighted by atomic mass is 9.84. The Morgan fingerprint density at radius 1 is 1.35 bits per heavy atom. The highest BCUT2D eigenvalue weighted by molar-refractivity contribution is 8.00. The molecule has 0 N–H and O–H groups in total. The van der Waals surface area contributed by atoms with Gasteiger partial charge in [-0.2, -0.15) is 0 Å². The average Bonchev–Trinajstić information content (AvgIpc) is 2.28. The number of benzene rings is 1. The molecule has 0 bridgehead atoms. The van der Waals surface area contributed by atoms with Gasteiger partial charge in [-0.1, -0.05) is 39.8 Å². The molecule has 0 spiro atoms. The second-order valence-electron chi connectivity index (χ2n) is 5.69. The number of hydrogen-bond acceptors (Lipinski definition) is 2. The highest BCUT2D eigenvalue weighted by Gasteiger charge is 2.27. The molecule has 0 aromatic heterocycles. The molecule has 0 aliphatic carbocycles. The second kappa shape index (κ2) is 4.49. The van der Waals surface area contributed by atoms with Gasteiger partial charge in [0.15, 0.2) is 5.78 Å². The number of hydrogen-bond donors (Lipinski definition) is 0. The lowest BCUT2D eigenvalue weighted by Crippen LogP contribution is -2.24. The van der Waals surface area contributed by atoms with Crippen LogP contribution in [0.4, 0.5) is 0 Å². The minimum absolute atomic E-state index is 0.113. The number of Topliss-reactive ketones (excluding diaryl/α,β-unsaturated/α-hetero) is 1. The molecule has 1 aliphatic rings. The summed E-state index contributed by atoms with van der Waals surface area (Å²) in [5, 5.41) is 0.165. The third-order valence-electron chi connectivity index (χ3n) is 3.34. The standard InChI is InChI=1S/C15H20OS/c1-5-13-14(16)12-8-11(15(2,3)4)7-6-10(12)9-17-13/h6-8,13H,5,9H2,1-4H3. The number of carbonyl (C=O) groups is 1. The molecule has 0 fully saturated rings. The maximum atomic E-state index is 12.3. The van der Waals surface area contributed by atoms with Gasteiger partial charge in [0.05, 0.1) is 5.25 Å². The van der Waals surface area contributed by atoms with Crippen LogP contribution in [0.2, 0.25) is 0 Å². The fraction of sp³-hybridized carbons (Fsp3) is 0.533. The number of rotatable bonds is 1. The van der Waals surface area contributed by atoms with Crippen molar-refractivity contribution in [2.45, 2.75) is 50.5 Å². The van der Waals surface area contributed by atoms with Gasteiger partial charge in [-0.25, -0.2) is 0 Å². The van der Waals surface area contributed by atoms with E-state index >= 15 is 0 Å². The Bertz CT molecular complexity index is 443. The van der Waals surface area contributed by atoms with Crippen molar-refractivity contribution >= 4 is 17.5 Å². The summed E-state index contributed by atoms with van der Waals surface area (Å²) in [6.07, 6.45) is 0.933. The third kappa shape index (κ3) is 2.42. The summed E-state index contributed by atoms with van der Waals surface area (Å²) in [6.45, 7) is 8.66. The molecule has 2 heteroatoms. The Morgan fingerprint density at radius 3 is 2.65 bits per heavy atom. The van der Waals surface area contributed by atoms with Crippen LogP contribution in [0.15, 0.2) is 18.2 Å². The molecule has 1 aliphatic heterocycles. The molecule has 0 saturated heterocycles. The largest absolute Gasteiger partial charge is 0.293 e. The van der Waals surface area contributed by atoms with Crippen LogP contribution in [0.1, 0.15) is 55.6 Å². The monoisotopic (exact) mass is 248 g/mol. The third-order valence-corrected chi connectivity index (χ3v) is 4.77. The quantitative estimate of drug-likeness (QED) is 0.741. The van der Waals surface area contributed by atoms with Crippen molar-refractivity contribution in [1.82, 2.24) is 0 Å². The summed E-state index contributed by atoms with van der Waals surface area (Å²) in [5.74, 6) is 1.30. The first kappa shape index (κ1) is 12.7. The molecule has 2 rings (SSSR count). The van der Waals surface area contributed by atoms with Crippen molar-refractivity contribution in [3.8, 4) is 0 Å². The molecule has 0 saturated carbocycles. The first-order chi connectivity index (χ1) is 7.93. The van der Waals surface area contributed by atoms with Gasteiger partial charge in [0.1, 0.15) is 0 Å². The van der Waals surface area contributed by atoms with E-state index in [1.165, 1.54) is 11.1 Å². The van der Waals surface area contributed by atoms with Crippen LogP contribution >= 0.6 is 11.8 Å². The van der Waals surface area contributed by atoms with E-state index in [0.717, 1.165) is 17.7 Å². The maximum absolute atomic E-state index is 12.3. The summed E-state index contributed by atoms with van der Waals surface area (Å²) in [4.78, 5) is 12.3. The van der Waals surface area contributed by atoms with Crippen LogP contribution in [-0.2, 0) is 11.2 Å². The van der Waals surface area contributed by atoms with E-state index in [-0.39, 0.29) is 10.7 Å². The first-order valence-corrected chi connectivity index (χ1v) is 7.27. The van der Waals surface area contributed by atoms with E-state index in [1.54, 1.807) is 11.8 Å². The molecule has 1 nitrogen and oxygen atoms in total. The molecule has 0 amide bonds. The predicted octanol–water partition coefficient (Wildman–Crippen LogP) is 4.19. The van der Waals surface area contributed by atoms with Gasteiger partial charge in [0.25, 0.3) is 0 Å². The average molecular weight is 248 g/mol. The lowest BCUT2D eigenvalue weighted by Gasteiger charge is -2.25. The van der Waals surface area contributed by atoms with Gasteiger partial charge in [-0.3, -0.25) is 4.79 Å². The van der Waals surface area contributed by atoms with Gasteiger partial charge in [0, 0.05) is 11.3 Å². The summed E-state index contributed by atoms with van der Waals surface area (Å²) in [6, 6.07) is 6.41. The molecule has 1 heterocycles. The molecule has 1 unspecified atom stereocenters. The van der Waals surface area contributed by atoms with Gasteiger partial charge in [-0.05, 0) is 29.0 Å². The fourth-order valence-electron chi connectivity index (χ4n) is 2.14. The van der Waals surface area contributed by atoms with E-state index in [1.807, 2.05) is 0 Å². The van der Waals surface area contributed by atoms with Crippen molar-refractivity contribution in [1.29, 1.82) is 0 Å². The Labute approximate surface area is 108 Å². The molecular formula is C15H20OS. The number of ketones is 1. The second-order valence-corrected chi connectivity index (χ2v) is 6.89. The fourth-order valence-corrected chi connectivity index (χ4v) is 3.29. The molecule has 1 aromatic carbocycles. The number of fused-ring (bicyclic) bond motifs is 1. The number of carbonyl (C=O) groups excluding carboxylic acids is 1. The molecule has 17 heavy (non-hydrogen) atoms. The van der Waals surface area contributed by atoms with Crippen LogP contribution in [0.3, 0.4) is 0 Å². The van der Waals surface area contributed by atoms with Crippen molar-refractivity contribution in [2.75, 3.05) is 0 Å². The zero-order valence-corrected chi connectivity index (χ0v) is 11.9. The van der Waals surface area contributed by atoms with Crippen LogP contribution < -0.4 is 0 Å². The lowest BCUT2D eigenvalue weighted by molar-refractivity contribution is 0.0985. The summed E-state index contributed by atoms with van der Waals surface area (Å²) in [7, 11) is 0. The topological polar surface area (TPSA) is 17.1 Å². The van der Waals surface area contributed by atoms with Crippen LogP contribution in [0.25, 0.3) is 0 Å². The minimum atomic E-state index is 0.113. The summed E-state index contributed by atoms with van der Waals surface area (Å²) in [5.41, 5.74) is 3.54. The minimum Gasteiger partial charge on any atom is -0.293 e. The van der Waals surface area contributed by atoms with Crippen molar-refractivity contribution in [3.63, 3.8) is 0 Å². The highest BCUT2D eigenvalue weighted by atomic mass is 32.2. The Balaban J connectivity index is 2.44. The molecule has 0 radical (unpaired) electrons. The predicted molar refractivity (Wildman–Crippen MR) is 74.8 cm³/mol. The number of thioether (sulfide) groups is 1. The van der Waals surface area contributed by atoms with Gasteiger partial charge in [-0.15, -0.1) is 11.8 Å². The zero-order valence-electron chi connectivity index (χ0n) is 11.0. The van der Waals surface area contributed by atoms with Crippen molar-refractivity contribution in [2.24, 2.45) is 0 Å². The Hall–Kier alpha value is -0.760. The Kier molecular flexibility index (Phi) is 3.35. The SMILES string of the molecule is CCC1SCc2ccc(C(C)(C)C)cc2C1=O. The molecule has 92 valence electrons. The zero-order chi connectivity index (χ0) is 12.6. The molecule has 1 atom stereocenters. The van der Waals surface area contributed by atoms with Crippen LogP contribution in [-0.4, -0.2) is 11.0 Å². The van der Waals surface area contributed by atoms with E-state index in [9.17, 15) is 4.79 Å². The highest BCUT2D eigenvalue weighted by Crippen LogP contribution is 2.34. The summed E-state index contributed by atoms with van der Waals surface area (Å²) >= 11 is 1.78. The van der Waals surface area contributed by atoms with Crippen LogP contribution in [0, 0.1) is 0 Å².